The van der Waals surface area contributed by atoms with Crippen LogP contribution in [0.4, 0.5) is 5.13 Å². The third-order valence-electron chi connectivity index (χ3n) is 2.78. The third-order valence-corrected chi connectivity index (χ3v) is 4.63. The molecule has 6 nitrogen and oxygen atoms in total. The topological polar surface area (TPSA) is 85.1 Å². The maximum atomic E-state index is 12.2. The van der Waals surface area contributed by atoms with Crippen molar-refractivity contribution >= 4 is 45.1 Å². The third kappa shape index (κ3) is 3.02. The molecular formula is C14H11N3O3S2. The van der Waals surface area contributed by atoms with Crippen LogP contribution in [0.2, 0.25) is 0 Å². The summed E-state index contributed by atoms with van der Waals surface area (Å²) in [4.78, 5) is 24.1. The first-order valence-corrected chi connectivity index (χ1v) is 8.28. The number of para-hydroxylation sites is 1. The molecule has 2 aromatic heterocycles. The van der Waals surface area contributed by atoms with E-state index in [1.165, 1.54) is 29.2 Å². The number of carbonyl (C=O) groups is 1. The number of anilines is 1. The lowest BCUT2D eigenvalue weighted by atomic mass is 10.2. The fourth-order valence-electron chi connectivity index (χ4n) is 1.83. The van der Waals surface area contributed by atoms with E-state index in [4.69, 9.17) is 4.42 Å². The van der Waals surface area contributed by atoms with E-state index in [0.717, 1.165) is 10.1 Å². The van der Waals surface area contributed by atoms with Crippen LogP contribution in [0.1, 0.15) is 17.3 Å². The predicted molar refractivity (Wildman–Crippen MR) is 86.7 cm³/mol. The Hall–Kier alpha value is -2.19. The zero-order valence-electron chi connectivity index (χ0n) is 11.5. The van der Waals surface area contributed by atoms with Gasteiger partial charge in [-0.25, -0.2) is 4.79 Å². The molecule has 0 fully saturated rings. The van der Waals surface area contributed by atoms with Crippen LogP contribution in [-0.4, -0.2) is 21.9 Å². The summed E-state index contributed by atoms with van der Waals surface area (Å²) in [5.74, 6) is 0.320. The van der Waals surface area contributed by atoms with E-state index in [1.807, 2.05) is 13.0 Å². The van der Waals surface area contributed by atoms with Crippen LogP contribution >= 0.6 is 23.1 Å². The Morgan fingerprint density at radius 3 is 3.00 bits per heavy atom. The van der Waals surface area contributed by atoms with Crippen molar-refractivity contribution in [2.45, 2.75) is 11.3 Å². The van der Waals surface area contributed by atoms with Crippen molar-refractivity contribution in [3.8, 4) is 0 Å². The molecule has 0 aliphatic rings. The number of rotatable bonds is 4. The standard InChI is InChI=1S/C14H11N3O3S2/c1-2-21-14-17-16-13(22-14)15-11(18)9-7-8-5-3-4-6-10(8)20-12(9)19/h3-7H,2H2,1H3,(H,15,16,18). The molecule has 0 aliphatic carbocycles. The van der Waals surface area contributed by atoms with Crippen LogP contribution in [0.15, 0.2) is 43.9 Å². The number of amides is 1. The Morgan fingerprint density at radius 1 is 1.36 bits per heavy atom. The first kappa shape index (κ1) is 14.7. The van der Waals surface area contributed by atoms with Crippen molar-refractivity contribution in [1.82, 2.24) is 10.2 Å². The maximum absolute atomic E-state index is 12.2. The minimum atomic E-state index is -0.677. The highest BCUT2D eigenvalue weighted by molar-refractivity contribution is 8.01. The van der Waals surface area contributed by atoms with Gasteiger partial charge in [0.05, 0.1) is 0 Å². The van der Waals surface area contributed by atoms with E-state index < -0.39 is 11.5 Å². The number of fused-ring (bicyclic) bond motifs is 1. The van der Waals surface area contributed by atoms with E-state index in [-0.39, 0.29) is 5.56 Å². The minimum absolute atomic E-state index is 0.0569. The molecule has 0 aliphatic heterocycles. The fourth-order valence-corrected chi connectivity index (χ4v) is 3.47. The molecule has 0 spiro atoms. The summed E-state index contributed by atoms with van der Waals surface area (Å²) < 4.78 is 5.91. The highest BCUT2D eigenvalue weighted by atomic mass is 32.2. The van der Waals surface area contributed by atoms with E-state index in [0.29, 0.717) is 16.1 Å². The van der Waals surface area contributed by atoms with E-state index in [9.17, 15) is 9.59 Å². The van der Waals surface area contributed by atoms with Crippen LogP contribution in [0.25, 0.3) is 11.0 Å². The molecule has 2 heterocycles. The number of aromatic nitrogens is 2. The molecule has 22 heavy (non-hydrogen) atoms. The second-order valence-corrected chi connectivity index (χ2v) is 6.73. The molecule has 0 saturated carbocycles. The number of hydrogen-bond acceptors (Lipinski definition) is 7. The highest BCUT2D eigenvalue weighted by Gasteiger charge is 2.15. The smallest absolute Gasteiger partial charge is 0.349 e. The summed E-state index contributed by atoms with van der Waals surface area (Å²) in [6.45, 7) is 2.00. The molecule has 0 unspecified atom stereocenters. The van der Waals surface area contributed by atoms with Gasteiger partial charge in [0.25, 0.3) is 5.91 Å². The lowest BCUT2D eigenvalue weighted by molar-refractivity contribution is 0.102. The van der Waals surface area contributed by atoms with Crippen LogP contribution in [0.3, 0.4) is 0 Å². The van der Waals surface area contributed by atoms with Gasteiger partial charge >= 0.3 is 5.63 Å². The quantitative estimate of drug-likeness (QED) is 0.449. The van der Waals surface area contributed by atoms with Gasteiger partial charge in [0, 0.05) is 5.39 Å². The molecule has 8 heteroatoms. The monoisotopic (exact) mass is 333 g/mol. The average Bonchev–Trinajstić information content (AvgIpc) is 2.94. The Labute approximate surface area is 133 Å². The van der Waals surface area contributed by atoms with Crippen molar-refractivity contribution in [3.05, 3.63) is 46.3 Å². The molecule has 0 saturated heterocycles. The molecule has 112 valence electrons. The Balaban J connectivity index is 1.88. The first-order valence-electron chi connectivity index (χ1n) is 6.48. The van der Waals surface area contributed by atoms with Gasteiger partial charge in [-0.1, -0.05) is 48.2 Å². The molecule has 3 aromatic rings. The van der Waals surface area contributed by atoms with Gasteiger partial charge in [-0.05, 0) is 17.9 Å². The molecule has 1 N–H and O–H groups in total. The van der Waals surface area contributed by atoms with Gasteiger partial charge in [0.15, 0.2) is 4.34 Å². The van der Waals surface area contributed by atoms with E-state index in [2.05, 4.69) is 15.5 Å². The molecule has 1 aromatic carbocycles. The fraction of sp³-hybridized carbons (Fsp3) is 0.143. The molecule has 3 rings (SSSR count). The zero-order chi connectivity index (χ0) is 15.5. The Bertz CT molecular complexity index is 888. The predicted octanol–water partition coefficient (Wildman–Crippen LogP) is 3.01. The summed E-state index contributed by atoms with van der Waals surface area (Å²) in [5.41, 5.74) is -0.288. The molecule has 1 amide bonds. The number of nitrogens with one attached hydrogen (secondary N) is 1. The maximum Gasteiger partial charge on any atom is 0.349 e. The summed E-state index contributed by atoms with van der Waals surface area (Å²) in [6, 6.07) is 8.54. The van der Waals surface area contributed by atoms with Gasteiger partial charge in [-0.15, -0.1) is 10.2 Å². The van der Waals surface area contributed by atoms with Gasteiger partial charge in [-0.2, -0.15) is 0 Å². The number of hydrogen-bond donors (Lipinski definition) is 1. The van der Waals surface area contributed by atoms with Crippen molar-refractivity contribution in [3.63, 3.8) is 0 Å². The van der Waals surface area contributed by atoms with Gasteiger partial charge in [0.2, 0.25) is 5.13 Å². The van der Waals surface area contributed by atoms with Crippen LogP contribution < -0.4 is 10.9 Å². The lowest BCUT2D eigenvalue weighted by Gasteiger charge is -2.01. The van der Waals surface area contributed by atoms with E-state index in [1.54, 1.807) is 18.2 Å². The number of benzene rings is 1. The summed E-state index contributed by atoms with van der Waals surface area (Å²) >= 11 is 2.80. The van der Waals surface area contributed by atoms with Crippen LogP contribution in [0, 0.1) is 0 Å². The second kappa shape index (κ2) is 6.29. The van der Waals surface area contributed by atoms with Crippen molar-refractivity contribution in [2.24, 2.45) is 0 Å². The largest absolute Gasteiger partial charge is 0.422 e. The Morgan fingerprint density at radius 2 is 2.18 bits per heavy atom. The van der Waals surface area contributed by atoms with Crippen LogP contribution in [-0.2, 0) is 0 Å². The first-order chi connectivity index (χ1) is 10.7. The number of thioether (sulfide) groups is 1. The van der Waals surface area contributed by atoms with Crippen molar-refractivity contribution in [1.29, 1.82) is 0 Å². The second-order valence-electron chi connectivity index (χ2n) is 4.25. The number of carbonyl (C=O) groups excluding carboxylic acids is 1. The van der Waals surface area contributed by atoms with Crippen molar-refractivity contribution < 1.29 is 9.21 Å². The van der Waals surface area contributed by atoms with Gasteiger partial charge in [0.1, 0.15) is 11.1 Å². The highest BCUT2D eigenvalue weighted by Crippen LogP contribution is 2.25. The van der Waals surface area contributed by atoms with Crippen molar-refractivity contribution in [2.75, 3.05) is 11.1 Å². The lowest BCUT2D eigenvalue weighted by Crippen LogP contribution is -2.20. The summed E-state index contributed by atoms with van der Waals surface area (Å²) in [6.07, 6.45) is 0. The molecule has 0 atom stereocenters. The molecule has 0 bridgehead atoms. The van der Waals surface area contributed by atoms with E-state index >= 15 is 0 Å². The van der Waals surface area contributed by atoms with Crippen LogP contribution in [0.5, 0.6) is 0 Å². The number of nitrogens with zero attached hydrogens (tertiary/aromatic N) is 2. The van der Waals surface area contributed by atoms with Gasteiger partial charge in [-0.3, -0.25) is 10.1 Å². The zero-order valence-corrected chi connectivity index (χ0v) is 13.2. The molecular weight excluding hydrogens is 322 g/mol. The normalized spacial score (nSPS) is 10.8. The summed E-state index contributed by atoms with van der Waals surface area (Å²) in [5, 5.41) is 11.4. The summed E-state index contributed by atoms with van der Waals surface area (Å²) in [7, 11) is 0. The van der Waals surface area contributed by atoms with Gasteiger partial charge < -0.3 is 4.42 Å². The molecule has 0 radical (unpaired) electrons. The Kier molecular flexibility index (Phi) is 4.21. The minimum Gasteiger partial charge on any atom is -0.422 e. The average molecular weight is 333 g/mol. The SMILES string of the molecule is CCSc1nnc(NC(=O)c2cc3ccccc3oc2=O)s1.